The molecule has 1 aliphatic heterocycles. The molecule has 1 saturated carbocycles. The number of hydrogen-bond acceptors (Lipinski definition) is 7. The van der Waals surface area contributed by atoms with Crippen LogP contribution in [-0.2, 0) is 10.2 Å². The number of benzene rings is 4. The third-order valence-corrected chi connectivity index (χ3v) is 10.6. The normalized spacial score (nSPS) is 17.5. The topological polar surface area (TPSA) is 111 Å². The third kappa shape index (κ3) is 6.60. The molecule has 0 spiro atoms. The molecule has 1 aliphatic carbocycles. The third-order valence-electron chi connectivity index (χ3n) is 10.6. The molecule has 0 bridgehead atoms. The zero-order valence-electron chi connectivity index (χ0n) is 30.6. The summed E-state index contributed by atoms with van der Waals surface area (Å²) >= 11 is 0. The molecule has 8 nitrogen and oxygen atoms in total. The van der Waals surface area contributed by atoms with Crippen molar-refractivity contribution in [2.75, 3.05) is 15.0 Å². The second-order valence-corrected chi connectivity index (χ2v) is 16.0. The molecule has 1 fully saturated rings. The molecule has 0 saturated heterocycles. The van der Waals surface area contributed by atoms with Gasteiger partial charge >= 0.3 is 5.97 Å². The van der Waals surface area contributed by atoms with E-state index in [9.17, 15) is 25.6 Å². The fourth-order valence-corrected chi connectivity index (χ4v) is 7.71. The van der Waals surface area contributed by atoms with Crippen LogP contribution in [0.3, 0.4) is 0 Å². The molecule has 2 atom stereocenters. The van der Waals surface area contributed by atoms with Crippen LogP contribution in [0.15, 0.2) is 96.6 Å². The monoisotopic (exact) mass is 684 g/mol. The number of rotatable bonds is 8. The minimum atomic E-state index is -1.22. The number of aliphatic carboxylic acids is 1. The SMILES string of the molecule is CC(c1ccc(N2c3ccc(/C=C(\C#N)C(=O)O)cc3C3CCCC32)cc1)(c1ccc(N(O)C(C)(C)C)cc1)c1ccc(N(O)C(C)(C)C)cc1. The second-order valence-electron chi connectivity index (χ2n) is 16.0. The van der Waals surface area contributed by atoms with Crippen molar-refractivity contribution in [3.63, 3.8) is 0 Å². The average Bonchev–Trinajstić information content (AvgIpc) is 3.70. The molecule has 0 aromatic heterocycles. The highest BCUT2D eigenvalue weighted by Crippen LogP contribution is 2.53. The van der Waals surface area contributed by atoms with Gasteiger partial charge in [0.1, 0.15) is 11.6 Å². The lowest BCUT2D eigenvalue weighted by atomic mass is 9.71. The van der Waals surface area contributed by atoms with Crippen molar-refractivity contribution in [1.29, 1.82) is 5.26 Å². The number of carboxylic acids is 1. The largest absolute Gasteiger partial charge is 0.477 e. The number of hydroxylamine groups is 2. The Bertz CT molecular complexity index is 1920. The summed E-state index contributed by atoms with van der Waals surface area (Å²) in [5, 5.41) is 43.0. The molecule has 4 aromatic rings. The standard InChI is InChI=1S/C43H48N4O4/c1-41(2,3)46(50)34-20-14-31(15-21-34)43(7,32-16-22-35(23-17-32)47(51)42(4,5)6)30-12-18-33(19-13-30)45-38-10-8-9-36(38)37-26-28(11-24-39(37)45)25-29(27-44)40(48)49/h11-26,36,38,50-51H,8-10H2,1-7H3,(H,48,49)/b29-25+. The molecule has 8 heteroatoms. The number of carbonyl (C=O) groups is 1. The minimum Gasteiger partial charge on any atom is -0.477 e. The van der Waals surface area contributed by atoms with E-state index >= 15 is 0 Å². The predicted molar refractivity (Wildman–Crippen MR) is 203 cm³/mol. The molecular weight excluding hydrogens is 636 g/mol. The van der Waals surface area contributed by atoms with Crippen LogP contribution in [0.25, 0.3) is 6.08 Å². The quantitative estimate of drug-likeness (QED) is 0.0728. The van der Waals surface area contributed by atoms with E-state index in [0.29, 0.717) is 23.3 Å². The second kappa shape index (κ2) is 13.2. The number of carboxylic acid groups (broad SMARTS) is 1. The first-order valence-corrected chi connectivity index (χ1v) is 17.6. The van der Waals surface area contributed by atoms with Crippen LogP contribution in [0, 0.1) is 11.3 Å². The van der Waals surface area contributed by atoms with Gasteiger partial charge in [0.2, 0.25) is 0 Å². The Morgan fingerprint density at radius 1 is 0.765 bits per heavy atom. The molecule has 4 aromatic carbocycles. The maximum absolute atomic E-state index is 11.5. The summed E-state index contributed by atoms with van der Waals surface area (Å²) in [5.74, 6) is -0.887. The molecular formula is C43H48N4O4. The molecule has 3 N–H and O–H groups in total. The lowest BCUT2D eigenvalue weighted by molar-refractivity contribution is -0.132. The van der Waals surface area contributed by atoms with Gasteiger partial charge in [-0.1, -0.05) is 48.9 Å². The van der Waals surface area contributed by atoms with E-state index in [2.05, 4.69) is 72.5 Å². The van der Waals surface area contributed by atoms with E-state index in [0.717, 1.165) is 52.9 Å². The van der Waals surface area contributed by atoms with Crippen molar-refractivity contribution in [2.24, 2.45) is 0 Å². The zero-order valence-corrected chi connectivity index (χ0v) is 30.6. The number of nitriles is 1. The van der Waals surface area contributed by atoms with Crippen LogP contribution in [0.2, 0.25) is 0 Å². The summed E-state index contributed by atoms with van der Waals surface area (Å²) in [5.41, 5.74) is 7.03. The average molecular weight is 685 g/mol. The number of hydrogen-bond donors (Lipinski definition) is 3. The molecule has 0 amide bonds. The van der Waals surface area contributed by atoms with Gasteiger partial charge in [-0.2, -0.15) is 5.26 Å². The van der Waals surface area contributed by atoms with Crippen LogP contribution < -0.4 is 15.0 Å². The van der Waals surface area contributed by atoms with Crippen molar-refractivity contribution in [3.8, 4) is 6.07 Å². The molecule has 1 heterocycles. The Balaban J connectivity index is 1.40. The molecule has 264 valence electrons. The van der Waals surface area contributed by atoms with Crippen molar-refractivity contribution in [2.45, 2.75) is 96.2 Å². The number of nitrogens with zero attached hydrogens (tertiary/aromatic N) is 4. The van der Waals surface area contributed by atoms with Crippen molar-refractivity contribution in [1.82, 2.24) is 0 Å². The van der Waals surface area contributed by atoms with Gasteiger partial charge in [0, 0.05) is 28.7 Å². The van der Waals surface area contributed by atoms with Gasteiger partial charge in [-0.15, -0.1) is 0 Å². The Hall–Kier alpha value is -5.10. The van der Waals surface area contributed by atoms with Crippen molar-refractivity contribution >= 4 is 34.8 Å². The first kappa shape index (κ1) is 35.7. The molecule has 2 unspecified atom stereocenters. The molecule has 2 aliphatic rings. The van der Waals surface area contributed by atoms with E-state index in [1.54, 1.807) is 6.07 Å². The van der Waals surface area contributed by atoms with Crippen LogP contribution >= 0.6 is 0 Å². The van der Waals surface area contributed by atoms with E-state index in [1.807, 2.05) is 71.9 Å². The van der Waals surface area contributed by atoms with Gasteiger partial charge in [0.25, 0.3) is 0 Å². The van der Waals surface area contributed by atoms with Gasteiger partial charge in [-0.3, -0.25) is 20.5 Å². The first-order valence-electron chi connectivity index (χ1n) is 17.6. The molecule has 6 rings (SSSR count). The zero-order chi connectivity index (χ0) is 36.9. The Labute approximate surface area is 301 Å². The summed E-state index contributed by atoms with van der Waals surface area (Å²) in [6.07, 6.45) is 4.70. The maximum atomic E-state index is 11.5. The first-order chi connectivity index (χ1) is 24.0. The highest BCUT2D eigenvalue weighted by Gasteiger charge is 2.42. The fourth-order valence-electron chi connectivity index (χ4n) is 7.71. The minimum absolute atomic E-state index is 0.276. The van der Waals surface area contributed by atoms with E-state index < -0.39 is 22.5 Å². The van der Waals surface area contributed by atoms with Crippen molar-refractivity contribution in [3.05, 3.63) is 124 Å². The van der Waals surface area contributed by atoms with Gasteiger partial charge in [-0.25, -0.2) is 4.79 Å². The van der Waals surface area contributed by atoms with Crippen LogP contribution in [0.4, 0.5) is 22.7 Å². The lowest BCUT2D eigenvalue weighted by Crippen LogP contribution is -2.38. The van der Waals surface area contributed by atoms with Gasteiger partial charge in [-0.05, 0) is 144 Å². The fraction of sp³-hybridized carbons (Fsp3) is 0.349. The Morgan fingerprint density at radius 3 is 1.71 bits per heavy atom. The Kier molecular flexibility index (Phi) is 9.26. The van der Waals surface area contributed by atoms with Crippen LogP contribution in [-0.4, -0.2) is 38.6 Å². The number of fused-ring (bicyclic) bond motifs is 3. The number of anilines is 4. The van der Waals surface area contributed by atoms with Crippen molar-refractivity contribution < 1.29 is 20.3 Å². The summed E-state index contributed by atoms with van der Waals surface area (Å²) in [6.45, 7) is 14.0. The van der Waals surface area contributed by atoms with E-state index in [1.165, 1.54) is 21.8 Å². The van der Waals surface area contributed by atoms with Gasteiger partial charge < -0.3 is 10.0 Å². The highest BCUT2D eigenvalue weighted by atomic mass is 16.5. The molecule has 0 radical (unpaired) electrons. The van der Waals surface area contributed by atoms with E-state index in [-0.39, 0.29) is 5.57 Å². The highest BCUT2D eigenvalue weighted by molar-refractivity contribution is 5.96. The van der Waals surface area contributed by atoms with Crippen LogP contribution in [0.5, 0.6) is 0 Å². The maximum Gasteiger partial charge on any atom is 0.346 e. The summed E-state index contributed by atoms with van der Waals surface area (Å²) in [7, 11) is 0. The lowest BCUT2D eigenvalue weighted by Gasteiger charge is -2.35. The Morgan fingerprint density at radius 2 is 1.25 bits per heavy atom. The van der Waals surface area contributed by atoms with E-state index in [4.69, 9.17) is 0 Å². The van der Waals surface area contributed by atoms with Crippen LogP contribution in [0.1, 0.15) is 101 Å². The van der Waals surface area contributed by atoms with Gasteiger partial charge in [0.15, 0.2) is 0 Å². The smallest absolute Gasteiger partial charge is 0.346 e. The summed E-state index contributed by atoms with van der Waals surface area (Å²) in [6, 6.07) is 33.0. The summed E-state index contributed by atoms with van der Waals surface area (Å²) in [4.78, 5) is 13.9. The predicted octanol–water partition coefficient (Wildman–Crippen LogP) is 9.81. The van der Waals surface area contributed by atoms with Gasteiger partial charge in [0.05, 0.1) is 22.5 Å². The summed E-state index contributed by atoms with van der Waals surface area (Å²) < 4.78 is 0. The molecule has 51 heavy (non-hydrogen) atoms.